The van der Waals surface area contributed by atoms with E-state index in [1.165, 1.54) is 89.5 Å². The van der Waals surface area contributed by atoms with Gasteiger partial charge in [-0.3, -0.25) is 9.63 Å². The van der Waals surface area contributed by atoms with Gasteiger partial charge < -0.3 is 10.1 Å². The van der Waals surface area contributed by atoms with E-state index in [0.29, 0.717) is 23.6 Å². The molecule has 1 aliphatic heterocycles. The van der Waals surface area contributed by atoms with Gasteiger partial charge in [0.15, 0.2) is 17.1 Å². The number of unbranched alkanes of at least 4 members (excludes halogenated alkanes) is 13. The predicted molar refractivity (Wildman–Crippen MR) is 160 cm³/mol. The van der Waals surface area contributed by atoms with E-state index in [9.17, 15) is 9.59 Å². The maximum atomic E-state index is 12.2. The highest BCUT2D eigenvalue weighted by atomic mass is 16.7. The average molecular weight is 539 g/mol. The molecule has 0 saturated heterocycles. The zero-order chi connectivity index (χ0) is 28.2. The number of carbonyl (C=O) groups is 2. The number of ketones is 1. The number of hydrogen-bond acceptors (Lipinski definition) is 5. The van der Waals surface area contributed by atoms with Crippen molar-refractivity contribution < 1.29 is 19.2 Å². The first-order valence-corrected chi connectivity index (χ1v) is 15.1. The van der Waals surface area contributed by atoms with E-state index in [-0.39, 0.29) is 5.78 Å². The fourth-order valence-electron chi connectivity index (χ4n) is 4.46. The van der Waals surface area contributed by atoms with Crippen LogP contribution in [0.25, 0.3) is 0 Å². The lowest BCUT2D eigenvalue weighted by Crippen LogP contribution is -2.28. The Kier molecular flexibility index (Phi) is 15.9. The molecule has 0 saturated carbocycles. The van der Waals surface area contributed by atoms with Crippen LogP contribution in [0.4, 0.5) is 4.79 Å². The molecular weight excluding hydrogens is 488 g/mol. The summed E-state index contributed by atoms with van der Waals surface area (Å²) in [5, 5.41) is 6.78. The van der Waals surface area contributed by atoms with Crippen LogP contribution >= 0.6 is 0 Å². The third-order valence-corrected chi connectivity index (χ3v) is 6.93. The molecule has 0 spiro atoms. The van der Waals surface area contributed by atoms with E-state index >= 15 is 0 Å². The maximum Gasteiger partial charge on any atom is 0.433 e. The van der Waals surface area contributed by atoms with Gasteiger partial charge in [0.25, 0.3) is 0 Å². The second-order valence-corrected chi connectivity index (χ2v) is 10.9. The van der Waals surface area contributed by atoms with Crippen molar-refractivity contribution in [1.82, 2.24) is 5.32 Å². The third kappa shape index (κ3) is 13.6. The van der Waals surface area contributed by atoms with Gasteiger partial charge in [0.1, 0.15) is 0 Å². The van der Waals surface area contributed by atoms with Crippen LogP contribution in [-0.4, -0.2) is 29.7 Å². The van der Waals surface area contributed by atoms with E-state index in [0.717, 1.165) is 12.8 Å². The van der Waals surface area contributed by atoms with Gasteiger partial charge in [-0.05, 0) is 46.0 Å². The number of benzene rings is 1. The Morgan fingerprint density at radius 2 is 1.44 bits per heavy atom. The maximum absolute atomic E-state index is 12.2. The second-order valence-electron chi connectivity index (χ2n) is 10.9. The van der Waals surface area contributed by atoms with Crippen LogP contribution in [0.3, 0.4) is 0 Å². The van der Waals surface area contributed by atoms with Crippen molar-refractivity contribution in [2.75, 3.05) is 6.54 Å². The molecule has 0 bridgehead atoms. The Labute approximate surface area is 236 Å². The lowest BCUT2D eigenvalue weighted by atomic mass is 10.1. The Bertz CT molecular complexity index is 934. The average Bonchev–Trinajstić information content (AvgIpc) is 3.20. The predicted octanol–water partition coefficient (Wildman–Crippen LogP) is 8.81. The summed E-state index contributed by atoms with van der Waals surface area (Å²) >= 11 is 0. The van der Waals surface area contributed by atoms with Crippen molar-refractivity contribution in [1.29, 1.82) is 0 Å². The summed E-state index contributed by atoms with van der Waals surface area (Å²) in [7, 11) is 0. The Balaban J connectivity index is 1.52. The summed E-state index contributed by atoms with van der Waals surface area (Å²) in [6.07, 6.45) is 24.4. The quantitative estimate of drug-likeness (QED) is 0.0591. The lowest BCUT2D eigenvalue weighted by Gasteiger charge is -2.18. The van der Waals surface area contributed by atoms with Crippen molar-refractivity contribution in [2.24, 2.45) is 5.16 Å². The molecule has 1 aliphatic rings. The van der Waals surface area contributed by atoms with Crippen LogP contribution in [0.15, 0.2) is 59.5 Å². The summed E-state index contributed by atoms with van der Waals surface area (Å²) in [5.41, 5.74) is 0.0566. The van der Waals surface area contributed by atoms with Crippen molar-refractivity contribution in [3.63, 3.8) is 0 Å². The fourth-order valence-corrected chi connectivity index (χ4v) is 4.46. The molecule has 0 unspecified atom stereocenters. The second kappa shape index (κ2) is 19.2. The zero-order valence-corrected chi connectivity index (χ0v) is 24.5. The van der Waals surface area contributed by atoms with Crippen LogP contribution in [0.2, 0.25) is 0 Å². The number of hydrogen-bond donors (Lipinski definition) is 1. The molecule has 0 atom stereocenters. The summed E-state index contributed by atoms with van der Waals surface area (Å²) < 4.78 is 5.78. The van der Waals surface area contributed by atoms with Crippen molar-refractivity contribution in [2.45, 2.75) is 123 Å². The van der Waals surface area contributed by atoms with E-state index < -0.39 is 11.7 Å². The van der Waals surface area contributed by atoms with E-state index in [4.69, 9.17) is 9.57 Å². The molecule has 6 nitrogen and oxygen atoms in total. The minimum Gasteiger partial charge on any atom is -0.477 e. The van der Waals surface area contributed by atoms with Crippen LogP contribution in [0.1, 0.15) is 123 Å². The van der Waals surface area contributed by atoms with Crippen LogP contribution in [0.5, 0.6) is 0 Å². The first kappa shape index (κ1) is 32.3. The molecule has 39 heavy (non-hydrogen) atoms. The highest BCUT2D eigenvalue weighted by Gasteiger charge is 2.37. The third-order valence-electron chi connectivity index (χ3n) is 6.93. The van der Waals surface area contributed by atoms with Gasteiger partial charge in [-0.15, -0.1) is 0 Å². The van der Waals surface area contributed by atoms with Gasteiger partial charge >= 0.3 is 6.09 Å². The normalized spacial score (nSPS) is 14.9. The topological polar surface area (TPSA) is 77.0 Å². The molecule has 216 valence electrons. The SMILES string of the molecule is CCCCCCCC/C=C/CCCCCCCCCNC(=O)O/N=C(\C1=CC(=O)C(C)(C)O1)c1ccccc1. The summed E-state index contributed by atoms with van der Waals surface area (Å²) in [6.45, 7) is 6.21. The first-order valence-electron chi connectivity index (χ1n) is 15.1. The molecule has 2 rings (SSSR count). The number of ether oxygens (including phenoxy) is 1. The molecule has 1 aromatic carbocycles. The van der Waals surface area contributed by atoms with E-state index in [1.807, 2.05) is 30.3 Å². The van der Waals surface area contributed by atoms with E-state index in [1.54, 1.807) is 13.8 Å². The molecule has 1 heterocycles. The van der Waals surface area contributed by atoms with Crippen LogP contribution < -0.4 is 5.32 Å². The number of nitrogens with zero attached hydrogens (tertiary/aromatic N) is 1. The number of amides is 1. The smallest absolute Gasteiger partial charge is 0.433 e. The van der Waals surface area contributed by atoms with Crippen LogP contribution in [0, 0.1) is 0 Å². The first-order chi connectivity index (χ1) is 18.9. The number of nitrogens with one attached hydrogen (secondary N) is 1. The Morgan fingerprint density at radius 3 is 2.00 bits per heavy atom. The van der Waals surface area contributed by atoms with Gasteiger partial charge in [-0.1, -0.05) is 119 Å². The van der Waals surface area contributed by atoms with Gasteiger partial charge in [-0.25, -0.2) is 4.79 Å². The molecule has 6 heteroatoms. The number of rotatable bonds is 20. The van der Waals surface area contributed by atoms with Gasteiger partial charge in [0.2, 0.25) is 5.78 Å². The number of allylic oxidation sites excluding steroid dienone is 3. The molecule has 0 aromatic heterocycles. The molecule has 0 aliphatic carbocycles. The van der Waals surface area contributed by atoms with E-state index in [2.05, 4.69) is 29.5 Å². The highest BCUT2D eigenvalue weighted by Crippen LogP contribution is 2.27. The minimum atomic E-state index is -0.961. The van der Waals surface area contributed by atoms with Crippen molar-refractivity contribution in [3.8, 4) is 0 Å². The monoisotopic (exact) mass is 538 g/mol. The summed E-state index contributed by atoms with van der Waals surface area (Å²) in [4.78, 5) is 29.5. The lowest BCUT2D eigenvalue weighted by molar-refractivity contribution is -0.126. The summed E-state index contributed by atoms with van der Waals surface area (Å²) in [6, 6.07) is 9.23. The Morgan fingerprint density at radius 1 is 0.872 bits per heavy atom. The zero-order valence-electron chi connectivity index (χ0n) is 24.5. The number of carbonyl (C=O) groups excluding carboxylic acids is 2. The minimum absolute atomic E-state index is 0.152. The highest BCUT2D eigenvalue weighted by molar-refractivity contribution is 6.16. The largest absolute Gasteiger partial charge is 0.477 e. The van der Waals surface area contributed by atoms with Gasteiger partial charge in [-0.2, -0.15) is 0 Å². The molecule has 1 aromatic rings. The molecule has 1 N–H and O–H groups in total. The molecule has 1 amide bonds. The number of oxime groups is 1. The molecular formula is C33H50N2O4. The van der Waals surface area contributed by atoms with Gasteiger partial charge in [0, 0.05) is 18.2 Å². The summed E-state index contributed by atoms with van der Waals surface area (Å²) in [5.74, 6) is 0.148. The fraction of sp³-hybridized carbons (Fsp3) is 0.606. The van der Waals surface area contributed by atoms with Crippen molar-refractivity contribution in [3.05, 3.63) is 59.9 Å². The van der Waals surface area contributed by atoms with Gasteiger partial charge in [0.05, 0.1) is 0 Å². The molecule has 0 fully saturated rings. The Hall–Kier alpha value is -2.89. The molecule has 0 radical (unpaired) electrons. The standard InChI is InChI=1S/C33H50N2O4/c1-4-5-6-7-8-9-10-11-12-13-14-15-16-17-18-19-23-26-34-32(37)39-35-31(28-24-21-20-22-25-28)29-27-30(36)33(2,3)38-29/h11-12,20-22,24-25,27H,4-10,13-19,23,26H2,1-3H3,(H,34,37)/b12-11+,35-31-. The van der Waals surface area contributed by atoms with Crippen LogP contribution in [-0.2, 0) is 14.4 Å². The van der Waals surface area contributed by atoms with Crippen molar-refractivity contribution >= 4 is 17.6 Å².